The average molecular weight is 194 g/mol. The Bertz CT molecular complexity index is 328. The summed E-state index contributed by atoms with van der Waals surface area (Å²) >= 11 is 0. The normalized spacial score (nSPS) is 20.6. The minimum atomic E-state index is -0.401. The van der Waals surface area contributed by atoms with Crippen LogP contribution in [0, 0.1) is 0 Å². The quantitative estimate of drug-likeness (QED) is 0.714. The third kappa shape index (κ3) is 1.76. The van der Waals surface area contributed by atoms with Crippen LogP contribution in [-0.4, -0.2) is 26.8 Å². The molecule has 2 N–H and O–H groups in total. The molecule has 0 saturated heterocycles. The van der Waals surface area contributed by atoms with E-state index in [0.717, 1.165) is 30.5 Å². The molecule has 0 saturated carbocycles. The summed E-state index contributed by atoms with van der Waals surface area (Å²) in [6.07, 6.45) is 4.47. The molecular weight excluding hydrogens is 180 g/mol. The first-order chi connectivity index (χ1) is 6.81. The minimum absolute atomic E-state index is 0.0708. The van der Waals surface area contributed by atoms with Crippen molar-refractivity contribution in [2.24, 2.45) is 0 Å². The molecule has 4 heteroatoms. The molecule has 0 radical (unpaired) electrons. The van der Waals surface area contributed by atoms with E-state index in [0.29, 0.717) is 12.2 Å². The number of aromatic nitrogens is 2. The maximum absolute atomic E-state index is 9.65. The fourth-order valence-electron chi connectivity index (χ4n) is 1.79. The van der Waals surface area contributed by atoms with Gasteiger partial charge in [-0.1, -0.05) is 0 Å². The predicted octanol–water partition coefficient (Wildman–Crippen LogP) is 0.381. The molecule has 2 rings (SSSR count). The number of rotatable bonds is 2. The number of nitrogens with zero attached hydrogens (tertiary/aromatic N) is 2. The van der Waals surface area contributed by atoms with Gasteiger partial charge in [0.2, 0.25) is 0 Å². The van der Waals surface area contributed by atoms with Gasteiger partial charge in [0, 0.05) is 23.9 Å². The van der Waals surface area contributed by atoms with Gasteiger partial charge in [0.05, 0.1) is 12.7 Å². The third-order valence-electron chi connectivity index (χ3n) is 2.54. The van der Waals surface area contributed by atoms with E-state index in [9.17, 15) is 5.11 Å². The Balaban J connectivity index is 2.29. The lowest BCUT2D eigenvalue weighted by molar-refractivity contribution is 0.155. The lowest BCUT2D eigenvalue weighted by Crippen LogP contribution is -2.13. The van der Waals surface area contributed by atoms with Crippen LogP contribution in [0.1, 0.15) is 36.0 Å². The van der Waals surface area contributed by atoms with Crippen molar-refractivity contribution in [1.29, 1.82) is 0 Å². The number of hydrogen-bond acceptors (Lipinski definition) is 4. The van der Waals surface area contributed by atoms with Gasteiger partial charge in [0.25, 0.3) is 0 Å². The summed E-state index contributed by atoms with van der Waals surface area (Å²) in [6.45, 7) is 0.0708. The first-order valence-electron chi connectivity index (χ1n) is 4.95. The van der Waals surface area contributed by atoms with Crippen LogP contribution >= 0.6 is 0 Å². The average Bonchev–Trinajstić information content (AvgIpc) is 2.18. The van der Waals surface area contributed by atoms with Crippen LogP contribution in [0.4, 0.5) is 0 Å². The molecule has 1 unspecified atom stereocenters. The largest absolute Gasteiger partial charge is 0.396 e. The maximum atomic E-state index is 9.65. The molecular formula is C10H14N2O2. The number of aliphatic hydroxyl groups is 2. The van der Waals surface area contributed by atoms with Crippen LogP contribution in [-0.2, 0) is 12.8 Å². The molecule has 1 atom stereocenters. The van der Waals surface area contributed by atoms with Crippen molar-refractivity contribution in [1.82, 2.24) is 9.97 Å². The van der Waals surface area contributed by atoms with Gasteiger partial charge in [-0.3, -0.25) is 0 Å². The Kier molecular flexibility index (Phi) is 2.74. The van der Waals surface area contributed by atoms with E-state index in [1.807, 2.05) is 0 Å². The topological polar surface area (TPSA) is 66.2 Å². The van der Waals surface area contributed by atoms with Crippen LogP contribution in [0.15, 0.2) is 6.20 Å². The van der Waals surface area contributed by atoms with Gasteiger partial charge >= 0.3 is 0 Å². The summed E-state index contributed by atoms with van der Waals surface area (Å²) in [7, 11) is 0. The minimum Gasteiger partial charge on any atom is -0.396 e. The molecule has 1 aromatic rings. The summed E-state index contributed by atoms with van der Waals surface area (Å²) in [6, 6.07) is 0. The van der Waals surface area contributed by atoms with Gasteiger partial charge in [-0.25, -0.2) is 9.97 Å². The fourth-order valence-corrected chi connectivity index (χ4v) is 1.79. The molecule has 0 bridgehead atoms. The third-order valence-corrected chi connectivity index (χ3v) is 2.54. The van der Waals surface area contributed by atoms with E-state index in [4.69, 9.17) is 5.11 Å². The second-order valence-corrected chi connectivity index (χ2v) is 3.57. The summed E-state index contributed by atoms with van der Waals surface area (Å²) in [5.41, 5.74) is 1.81. The van der Waals surface area contributed by atoms with E-state index < -0.39 is 6.10 Å². The van der Waals surface area contributed by atoms with E-state index in [2.05, 4.69) is 9.97 Å². The molecule has 1 heterocycles. The Morgan fingerprint density at radius 1 is 1.50 bits per heavy atom. The maximum Gasteiger partial charge on any atom is 0.130 e. The zero-order chi connectivity index (χ0) is 9.97. The Morgan fingerprint density at radius 3 is 3.14 bits per heavy atom. The molecule has 0 aliphatic heterocycles. The summed E-state index contributed by atoms with van der Waals surface area (Å²) in [5.74, 6) is 0.667. The van der Waals surface area contributed by atoms with Crippen molar-refractivity contribution in [2.75, 3.05) is 6.61 Å². The van der Waals surface area contributed by atoms with Gasteiger partial charge in [-0.2, -0.15) is 0 Å². The van der Waals surface area contributed by atoms with Gasteiger partial charge < -0.3 is 10.2 Å². The SMILES string of the molecule is OCCc1ncc2c(n1)CCCC2O. The molecule has 0 spiro atoms. The first-order valence-corrected chi connectivity index (χ1v) is 4.95. The molecule has 76 valence electrons. The van der Waals surface area contributed by atoms with Crippen LogP contribution in [0.3, 0.4) is 0 Å². The fraction of sp³-hybridized carbons (Fsp3) is 0.600. The highest BCUT2D eigenvalue weighted by Gasteiger charge is 2.19. The van der Waals surface area contributed by atoms with Gasteiger partial charge in [-0.05, 0) is 19.3 Å². The van der Waals surface area contributed by atoms with E-state index in [1.165, 1.54) is 0 Å². The standard InChI is InChI=1S/C10H14N2O2/c13-5-4-10-11-6-7-8(12-10)2-1-3-9(7)14/h6,9,13-14H,1-5H2. The molecule has 14 heavy (non-hydrogen) atoms. The Hall–Kier alpha value is -1.00. The van der Waals surface area contributed by atoms with Crippen molar-refractivity contribution in [3.05, 3.63) is 23.3 Å². The number of aliphatic hydroxyl groups excluding tert-OH is 2. The van der Waals surface area contributed by atoms with Crippen molar-refractivity contribution in [2.45, 2.75) is 31.8 Å². The highest BCUT2D eigenvalue weighted by atomic mass is 16.3. The molecule has 0 amide bonds. The highest BCUT2D eigenvalue weighted by molar-refractivity contribution is 5.22. The van der Waals surface area contributed by atoms with Crippen LogP contribution < -0.4 is 0 Å². The highest BCUT2D eigenvalue weighted by Crippen LogP contribution is 2.27. The molecule has 1 aliphatic carbocycles. The van der Waals surface area contributed by atoms with Gasteiger partial charge in [-0.15, -0.1) is 0 Å². The second kappa shape index (κ2) is 4.02. The van der Waals surface area contributed by atoms with Gasteiger partial charge in [0.15, 0.2) is 0 Å². The zero-order valence-electron chi connectivity index (χ0n) is 7.98. The van der Waals surface area contributed by atoms with Crippen LogP contribution in [0.2, 0.25) is 0 Å². The van der Waals surface area contributed by atoms with Crippen LogP contribution in [0.5, 0.6) is 0 Å². The molecule has 4 nitrogen and oxygen atoms in total. The Labute approximate surface area is 82.6 Å². The lowest BCUT2D eigenvalue weighted by atomic mass is 9.95. The smallest absolute Gasteiger partial charge is 0.130 e. The monoisotopic (exact) mass is 194 g/mol. The zero-order valence-corrected chi connectivity index (χ0v) is 7.98. The lowest BCUT2D eigenvalue weighted by Gasteiger charge is -2.19. The number of hydrogen-bond donors (Lipinski definition) is 2. The van der Waals surface area contributed by atoms with Crippen molar-refractivity contribution < 1.29 is 10.2 Å². The summed E-state index contributed by atoms with van der Waals surface area (Å²) in [4.78, 5) is 8.42. The van der Waals surface area contributed by atoms with Crippen molar-refractivity contribution in [3.8, 4) is 0 Å². The number of aryl methyl sites for hydroxylation is 1. The van der Waals surface area contributed by atoms with E-state index in [1.54, 1.807) is 6.20 Å². The molecule has 1 aliphatic rings. The summed E-state index contributed by atoms with van der Waals surface area (Å²) in [5, 5.41) is 18.4. The predicted molar refractivity (Wildman–Crippen MR) is 50.7 cm³/mol. The second-order valence-electron chi connectivity index (χ2n) is 3.57. The molecule has 0 fully saturated rings. The van der Waals surface area contributed by atoms with E-state index in [-0.39, 0.29) is 6.61 Å². The Morgan fingerprint density at radius 2 is 2.36 bits per heavy atom. The molecule has 1 aromatic heterocycles. The number of fused-ring (bicyclic) bond motifs is 1. The molecule has 0 aromatic carbocycles. The van der Waals surface area contributed by atoms with Crippen molar-refractivity contribution >= 4 is 0 Å². The van der Waals surface area contributed by atoms with Crippen LogP contribution in [0.25, 0.3) is 0 Å². The summed E-state index contributed by atoms with van der Waals surface area (Å²) < 4.78 is 0. The first kappa shape index (κ1) is 9.55. The van der Waals surface area contributed by atoms with Crippen molar-refractivity contribution in [3.63, 3.8) is 0 Å². The van der Waals surface area contributed by atoms with Gasteiger partial charge in [0.1, 0.15) is 5.82 Å². The van der Waals surface area contributed by atoms with E-state index >= 15 is 0 Å².